The maximum atomic E-state index is 16.4. The van der Waals surface area contributed by atoms with Crippen LogP contribution >= 0.6 is 0 Å². The highest BCUT2D eigenvalue weighted by Gasteiger charge is 2.42. The number of aryl methyl sites for hydroxylation is 1. The monoisotopic (exact) mass is 617 g/mol. The molecule has 5 rings (SSSR count). The first-order valence-corrected chi connectivity index (χ1v) is 15.2. The van der Waals surface area contributed by atoms with Gasteiger partial charge in [-0.2, -0.15) is 0 Å². The minimum atomic E-state index is -1.48. The standard InChI is InChI=1S/C33H39F4N3O4/c1-43-24-4-5-29-25(19-24)30(23(20-38-29)21-40-13-15-44-16-14-40)26(34)6-7-33(32(41)42)8-11-39(12-9-33)10-2-3-22-17-27(35)31(37)28(36)18-22/h4-5,17-20,26H,2-3,6-16,21H2,1H3,(H,41,42)/t26-/m0/s1. The Hall–Kier alpha value is -3.28. The van der Waals surface area contributed by atoms with E-state index in [9.17, 15) is 23.1 Å². The van der Waals surface area contributed by atoms with Crippen LogP contribution in [0.1, 0.15) is 55.0 Å². The van der Waals surface area contributed by atoms with E-state index in [0.717, 1.165) is 30.8 Å². The number of hydrogen-bond donors (Lipinski definition) is 1. The van der Waals surface area contributed by atoms with Gasteiger partial charge in [0.1, 0.15) is 11.9 Å². The fraction of sp³-hybridized carbons (Fsp3) is 0.515. The second-order valence-electron chi connectivity index (χ2n) is 11.9. The molecule has 11 heteroatoms. The van der Waals surface area contributed by atoms with Gasteiger partial charge in [0, 0.05) is 36.8 Å². The lowest BCUT2D eigenvalue weighted by Crippen LogP contribution is -2.44. The van der Waals surface area contributed by atoms with Crippen molar-refractivity contribution in [3.8, 4) is 5.75 Å². The average Bonchev–Trinajstić information content (AvgIpc) is 3.03. The Bertz CT molecular complexity index is 1440. The molecule has 0 unspecified atom stereocenters. The number of likely N-dealkylation sites (tertiary alicyclic amines) is 1. The molecule has 2 aliphatic rings. The van der Waals surface area contributed by atoms with E-state index >= 15 is 4.39 Å². The summed E-state index contributed by atoms with van der Waals surface area (Å²) in [6.45, 7) is 4.88. The summed E-state index contributed by atoms with van der Waals surface area (Å²) < 4.78 is 67.6. The lowest BCUT2D eigenvalue weighted by molar-refractivity contribution is -0.153. The average molecular weight is 618 g/mol. The third-order valence-electron chi connectivity index (χ3n) is 9.14. The molecule has 44 heavy (non-hydrogen) atoms. The smallest absolute Gasteiger partial charge is 0.309 e. The van der Waals surface area contributed by atoms with Crippen molar-refractivity contribution in [3.63, 3.8) is 0 Å². The molecule has 2 fully saturated rings. The SMILES string of the molecule is COc1ccc2ncc(CN3CCOCC3)c([C@@H](F)CCC3(C(=O)O)CCN(CCCc4cc(F)c(F)c(F)c4)CC3)c2c1. The van der Waals surface area contributed by atoms with E-state index < -0.39 is 35.0 Å². The highest BCUT2D eigenvalue weighted by Crippen LogP contribution is 2.42. The molecule has 2 aromatic carbocycles. The maximum absolute atomic E-state index is 16.4. The fourth-order valence-electron chi connectivity index (χ4n) is 6.44. The first-order chi connectivity index (χ1) is 21.2. The first kappa shape index (κ1) is 32.1. The van der Waals surface area contributed by atoms with Crippen LogP contribution in [-0.4, -0.2) is 78.9 Å². The van der Waals surface area contributed by atoms with Crippen LogP contribution in [0, 0.1) is 22.9 Å². The molecule has 3 aromatic rings. The van der Waals surface area contributed by atoms with Crippen LogP contribution < -0.4 is 4.74 Å². The van der Waals surface area contributed by atoms with E-state index in [1.165, 1.54) is 0 Å². The molecule has 0 radical (unpaired) electrons. The van der Waals surface area contributed by atoms with E-state index in [4.69, 9.17) is 9.47 Å². The molecule has 1 atom stereocenters. The molecule has 0 amide bonds. The van der Waals surface area contributed by atoms with Gasteiger partial charge in [0.25, 0.3) is 0 Å². The molecule has 2 aliphatic heterocycles. The summed E-state index contributed by atoms with van der Waals surface area (Å²) in [7, 11) is 1.56. The number of nitrogens with zero attached hydrogens (tertiary/aromatic N) is 3. The highest BCUT2D eigenvalue weighted by molar-refractivity contribution is 5.85. The normalized spacial score (nSPS) is 18.4. The number of pyridine rings is 1. The second kappa shape index (κ2) is 14.2. The van der Waals surface area contributed by atoms with Crippen LogP contribution in [-0.2, 0) is 22.5 Å². The number of alkyl halides is 1. The Morgan fingerprint density at radius 3 is 2.43 bits per heavy atom. The van der Waals surface area contributed by atoms with Crippen molar-refractivity contribution in [2.24, 2.45) is 5.41 Å². The fourth-order valence-corrected chi connectivity index (χ4v) is 6.44. The van der Waals surface area contributed by atoms with E-state index in [1.807, 2.05) is 0 Å². The largest absolute Gasteiger partial charge is 0.497 e. The van der Waals surface area contributed by atoms with Crippen LogP contribution in [0.3, 0.4) is 0 Å². The van der Waals surface area contributed by atoms with Crippen molar-refractivity contribution in [3.05, 3.63) is 70.7 Å². The van der Waals surface area contributed by atoms with Gasteiger partial charge >= 0.3 is 5.97 Å². The first-order valence-electron chi connectivity index (χ1n) is 15.2. The van der Waals surface area contributed by atoms with Gasteiger partial charge in [-0.1, -0.05) is 0 Å². The minimum absolute atomic E-state index is 0.0560. The van der Waals surface area contributed by atoms with Crippen molar-refractivity contribution in [2.75, 3.05) is 53.0 Å². The van der Waals surface area contributed by atoms with Gasteiger partial charge in [-0.25, -0.2) is 17.6 Å². The molecule has 0 spiro atoms. The zero-order valence-electron chi connectivity index (χ0n) is 25.0. The van der Waals surface area contributed by atoms with Crippen LogP contribution in [0.15, 0.2) is 36.5 Å². The number of morpholine rings is 1. The summed E-state index contributed by atoms with van der Waals surface area (Å²) in [6, 6.07) is 7.41. The number of aliphatic carboxylic acids is 1. The number of benzene rings is 2. The lowest BCUT2D eigenvalue weighted by Gasteiger charge is -2.39. The van der Waals surface area contributed by atoms with Crippen LogP contribution in [0.25, 0.3) is 10.9 Å². The van der Waals surface area contributed by atoms with E-state index in [-0.39, 0.29) is 12.8 Å². The quantitative estimate of drug-likeness (QED) is 0.195. The summed E-state index contributed by atoms with van der Waals surface area (Å²) in [5.41, 5.74) is 1.30. The molecule has 0 saturated carbocycles. The summed E-state index contributed by atoms with van der Waals surface area (Å²) in [5.74, 6) is -4.21. The minimum Gasteiger partial charge on any atom is -0.497 e. The number of rotatable bonds is 12. The summed E-state index contributed by atoms with van der Waals surface area (Å²) in [6.07, 6.45) is 2.29. The zero-order chi connectivity index (χ0) is 31.3. The predicted octanol–water partition coefficient (Wildman–Crippen LogP) is 6.08. The van der Waals surface area contributed by atoms with E-state index in [0.29, 0.717) is 92.9 Å². The van der Waals surface area contributed by atoms with Gasteiger partial charge in [-0.15, -0.1) is 0 Å². The van der Waals surface area contributed by atoms with E-state index in [2.05, 4.69) is 14.8 Å². The number of methoxy groups -OCH3 is 1. The topological polar surface area (TPSA) is 75.1 Å². The Labute approximate surface area is 254 Å². The molecule has 1 aromatic heterocycles. The maximum Gasteiger partial charge on any atom is 0.309 e. The zero-order valence-corrected chi connectivity index (χ0v) is 25.0. The predicted molar refractivity (Wildman–Crippen MR) is 158 cm³/mol. The number of carboxylic acids is 1. The third kappa shape index (κ3) is 7.33. The van der Waals surface area contributed by atoms with Crippen LogP contribution in [0.4, 0.5) is 17.6 Å². The molecule has 7 nitrogen and oxygen atoms in total. The Morgan fingerprint density at radius 2 is 1.77 bits per heavy atom. The van der Waals surface area contributed by atoms with Gasteiger partial charge in [-0.3, -0.25) is 14.7 Å². The number of carboxylic acid groups (broad SMARTS) is 1. The van der Waals surface area contributed by atoms with Crippen molar-refractivity contribution >= 4 is 16.9 Å². The molecular weight excluding hydrogens is 578 g/mol. The summed E-state index contributed by atoms with van der Waals surface area (Å²) in [4.78, 5) is 21.5. The molecule has 0 bridgehead atoms. The van der Waals surface area contributed by atoms with Crippen LogP contribution in [0.2, 0.25) is 0 Å². The second-order valence-corrected chi connectivity index (χ2v) is 11.9. The van der Waals surface area contributed by atoms with Crippen molar-refractivity contribution < 1.29 is 36.9 Å². The summed E-state index contributed by atoms with van der Waals surface area (Å²) in [5, 5.41) is 11.0. The lowest BCUT2D eigenvalue weighted by atomic mass is 9.74. The van der Waals surface area contributed by atoms with E-state index in [1.54, 1.807) is 31.5 Å². The number of ether oxygens (including phenoxy) is 2. The third-order valence-corrected chi connectivity index (χ3v) is 9.14. The van der Waals surface area contributed by atoms with Gasteiger partial charge < -0.3 is 19.5 Å². The van der Waals surface area contributed by atoms with Crippen molar-refractivity contribution in [2.45, 2.75) is 51.2 Å². The molecule has 238 valence electrons. The molecule has 1 N–H and O–H groups in total. The van der Waals surface area contributed by atoms with Crippen molar-refractivity contribution in [1.29, 1.82) is 0 Å². The Kier molecular flexibility index (Phi) is 10.4. The molecule has 0 aliphatic carbocycles. The number of hydrogen-bond acceptors (Lipinski definition) is 6. The summed E-state index contributed by atoms with van der Waals surface area (Å²) >= 11 is 0. The number of halogens is 4. The van der Waals surface area contributed by atoms with Crippen molar-refractivity contribution in [1.82, 2.24) is 14.8 Å². The van der Waals surface area contributed by atoms with Gasteiger partial charge in [0.2, 0.25) is 0 Å². The molecule has 3 heterocycles. The van der Waals surface area contributed by atoms with Gasteiger partial charge in [-0.05, 0) is 99.6 Å². The van der Waals surface area contributed by atoms with Gasteiger partial charge in [0.15, 0.2) is 17.5 Å². The van der Waals surface area contributed by atoms with Crippen LogP contribution in [0.5, 0.6) is 5.75 Å². The number of fused-ring (bicyclic) bond motifs is 1. The Balaban J connectivity index is 1.25. The molecule has 2 saturated heterocycles. The Morgan fingerprint density at radius 1 is 1.07 bits per heavy atom. The number of aromatic nitrogens is 1. The van der Waals surface area contributed by atoms with Gasteiger partial charge in [0.05, 0.1) is 31.3 Å². The number of carbonyl (C=O) groups is 1. The number of piperidine rings is 1. The molecular formula is C33H39F4N3O4. The highest BCUT2D eigenvalue weighted by atomic mass is 19.2.